The van der Waals surface area contributed by atoms with Crippen LogP contribution in [-0.2, 0) is 9.59 Å². The number of benzene rings is 1. The second-order valence-electron chi connectivity index (χ2n) is 6.58. The van der Waals surface area contributed by atoms with Crippen molar-refractivity contribution in [3.63, 3.8) is 0 Å². The minimum absolute atomic E-state index is 0.00398. The van der Waals surface area contributed by atoms with Gasteiger partial charge >= 0.3 is 0 Å². The fraction of sp³-hybridized carbons (Fsp3) is 0.556. The van der Waals surface area contributed by atoms with E-state index < -0.39 is 0 Å². The summed E-state index contributed by atoms with van der Waals surface area (Å²) in [7, 11) is 0. The third-order valence-electron chi connectivity index (χ3n) is 4.70. The summed E-state index contributed by atoms with van der Waals surface area (Å²) in [6.45, 7) is 3.49. The van der Waals surface area contributed by atoms with Gasteiger partial charge in [0.15, 0.2) is 6.61 Å². The number of rotatable bonds is 3. The number of anilines is 1. The Bertz CT molecular complexity index is 622. The van der Waals surface area contributed by atoms with Crippen LogP contribution in [0.2, 0.25) is 0 Å². The highest BCUT2D eigenvalue weighted by molar-refractivity contribution is 6.02. The lowest BCUT2D eigenvalue weighted by Gasteiger charge is -2.31. The first-order chi connectivity index (χ1) is 11.6. The molecule has 0 saturated carbocycles. The molecule has 24 heavy (non-hydrogen) atoms. The highest BCUT2D eigenvalue weighted by atomic mass is 16.5. The summed E-state index contributed by atoms with van der Waals surface area (Å²) in [5.41, 5.74) is 7.50. The molecule has 6 heteroatoms. The predicted molar refractivity (Wildman–Crippen MR) is 91.9 cm³/mol. The van der Waals surface area contributed by atoms with E-state index in [1.807, 2.05) is 30.0 Å². The molecule has 2 N–H and O–H groups in total. The van der Waals surface area contributed by atoms with Crippen molar-refractivity contribution in [2.75, 3.05) is 31.1 Å². The molecule has 0 aromatic heterocycles. The fourth-order valence-electron chi connectivity index (χ4n) is 3.23. The molecule has 2 aliphatic heterocycles. The zero-order valence-electron chi connectivity index (χ0n) is 14.2. The van der Waals surface area contributed by atoms with Crippen molar-refractivity contribution in [2.24, 2.45) is 5.73 Å². The molecule has 0 bridgehead atoms. The Morgan fingerprint density at radius 3 is 2.62 bits per heavy atom. The van der Waals surface area contributed by atoms with E-state index in [1.165, 1.54) is 17.7 Å². The minimum Gasteiger partial charge on any atom is -0.482 e. The summed E-state index contributed by atoms with van der Waals surface area (Å²) >= 11 is 0. The Kier molecular flexibility index (Phi) is 5.04. The summed E-state index contributed by atoms with van der Waals surface area (Å²) in [4.78, 5) is 28.4. The second-order valence-corrected chi connectivity index (χ2v) is 6.58. The number of hydrogen-bond donors (Lipinski definition) is 1. The van der Waals surface area contributed by atoms with E-state index in [0.717, 1.165) is 31.5 Å². The number of likely N-dealkylation sites (tertiary alicyclic amines) is 1. The molecule has 0 unspecified atom stereocenters. The molecule has 3 rings (SSSR count). The number of hydrogen-bond acceptors (Lipinski definition) is 4. The van der Waals surface area contributed by atoms with E-state index in [9.17, 15) is 9.59 Å². The molecule has 1 atom stereocenters. The lowest BCUT2D eigenvalue weighted by Crippen LogP contribution is -2.46. The van der Waals surface area contributed by atoms with Gasteiger partial charge in [-0.2, -0.15) is 0 Å². The van der Waals surface area contributed by atoms with Crippen molar-refractivity contribution in [3.05, 3.63) is 23.8 Å². The van der Waals surface area contributed by atoms with E-state index in [2.05, 4.69) is 0 Å². The Labute approximate surface area is 142 Å². The van der Waals surface area contributed by atoms with Gasteiger partial charge in [0.1, 0.15) is 12.3 Å². The van der Waals surface area contributed by atoms with Crippen LogP contribution in [0.25, 0.3) is 0 Å². The van der Waals surface area contributed by atoms with E-state index in [1.54, 1.807) is 0 Å². The lowest BCUT2D eigenvalue weighted by molar-refractivity contribution is -0.132. The minimum atomic E-state index is -0.188. The summed E-state index contributed by atoms with van der Waals surface area (Å²) in [6, 6.07) is 5.43. The maximum atomic E-state index is 12.7. The smallest absolute Gasteiger partial charge is 0.265 e. The van der Waals surface area contributed by atoms with Gasteiger partial charge in [0, 0.05) is 19.1 Å². The number of fused-ring (bicyclic) bond motifs is 1. The van der Waals surface area contributed by atoms with Crippen LogP contribution in [0, 0.1) is 0 Å². The van der Waals surface area contributed by atoms with Crippen molar-refractivity contribution >= 4 is 17.5 Å². The molecule has 130 valence electrons. The first-order valence-electron chi connectivity index (χ1n) is 8.67. The third-order valence-corrected chi connectivity index (χ3v) is 4.70. The van der Waals surface area contributed by atoms with Gasteiger partial charge in [-0.3, -0.25) is 14.5 Å². The number of nitrogens with two attached hydrogens (primary N) is 1. The average molecular weight is 331 g/mol. The first-order valence-corrected chi connectivity index (χ1v) is 8.67. The monoisotopic (exact) mass is 331 g/mol. The van der Waals surface area contributed by atoms with Crippen LogP contribution < -0.4 is 15.4 Å². The number of amides is 2. The molecule has 1 aromatic carbocycles. The van der Waals surface area contributed by atoms with Gasteiger partial charge in [0.05, 0.1) is 5.69 Å². The maximum absolute atomic E-state index is 12.7. The third kappa shape index (κ3) is 3.53. The topological polar surface area (TPSA) is 75.9 Å². The molecular weight excluding hydrogens is 306 g/mol. The Hall–Kier alpha value is -2.08. The van der Waals surface area contributed by atoms with Crippen molar-refractivity contribution in [1.29, 1.82) is 0 Å². The molecular formula is C18H25N3O3. The highest BCUT2D eigenvalue weighted by Gasteiger charge is 2.29. The van der Waals surface area contributed by atoms with Crippen LogP contribution in [0.3, 0.4) is 0 Å². The average Bonchev–Trinajstić information content (AvgIpc) is 2.86. The quantitative estimate of drug-likeness (QED) is 0.917. The number of carbonyl (C=O) groups is 2. The van der Waals surface area contributed by atoms with Crippen molar-refractivity contribution in [1.82, 2.24) is 4.90 Å². The largest absolute Gasteiger partial charge is 0.482 e. The Morgan fingerprint density at radius 1 is 1.25 bits per heavy atom. The maximum Gasteiger partial charge on any atom is 0.265 e. The van der Waals surface area contributed by atoms with Crippen molar-refractivity contribution in [3.8, 4) is 5.75 Å². The number of nitrogens with zero attached hydrogens (tertiary/aromatic N) is 2. The van der Waals surface area contributed by atoms with Gasteiger partial charge in [-0.05, 0) is 37.5 Å². The van der Waals surface area contributed by atoms with Gasteiger partial charge in [0.2, 0.25) is 5.91 Å². The Balaban J connectivity index is 1.81. The van der Waals surface area contributed by atoms with Gasteiger partial charge < -0.3 is 15.4 Å². The second kappa shape index (κ2) is 7.21. The molecule has 0 radical (unpaired) electrons. The SMILES string of the molecule is C[C@@H](N)c1ccc2c(c1)N(CC(=O)N1CCCCCC1)C(=O)CO2. The van der Waals surface area contributed by atoms with Crippen molar-refractivity contribution < 1.29 is 14.3 Å². The Morgan fingerprint density at radius 2 is 1.96 bits per heavy atom. The van der Waals surface area contributed by atoms with Crippen molar-refractivity contribution in [2.45, 2.75) is 38.6 Å². The number of ether oxygens (including phenoxy) is 1. The van der Waals surface area contributed by atoms with Gasteiger partial charge in [0.25, 0.3) is 5.91 Å². The summed E-state index contributed by atoms with van der Waals surface area (Å²) in [6.07, 6.45) is 4.41. The molecule has 6 nitrogen and oxygen atoms in total. The summed E-state index contributed by atoms with van der Waals surface area (Å²) in [5.74, 6) is 0.444. The molecule has 0 spiro atoms. The predicted octanol–water partition coefficient (Wildman–Crippen LogP) is 1.83. The van der Waals surface area contributed by atoms with Crippen LogP contribution in [0.15, 0.2) is 18.2 Å². The molecule has 2 amide bonds. The molecule has 2 aliphatic rings. The normalized spacial score (nSPS) is 19.3. The van der Waals surface area contributed by atoms with Crippen LogP contribution in [-0.4, -0.2) is 43.0 Å². The summed E-state index contributed by atoms with van der Waals surface area (Å²) in [5, 5.41) is 0. The van der Waals surface area contributed by atoms with E-state index in [0.29, 0.717) is 11.4 Å². The van der Waals surface area contributed by atoms with Gasteiger partial charge in [-0.1, -0.05) is 18.9 Å². The van der Waals surface area contributed by atoms with Gasteiger partial charge in [-0.15, -0.1) is 0 Å². The lowest BCUT2D eigenvalue weighted by atomic mass is 10.1. The molecule has 1 aromatic rings. The standard InChI is InChI=1S/C18H25N3O3/c1-13(19)14-6-7-16-15(10-14)21(18(23)12-24-16)11-17(22)20-8-4-2-3-5-9-20/h6-7,10,13H,2-5,8-9,11-12,19H2,1H3/t13-/m1/s1. The van der Waals surface area contributed by atoms with Crippen LogP contribution in [0.4, 0.5) is 5.69 Å². The van der Waals surface area contributed by atoms with Gasteiger partial charge in [-0.25, -0.2) is 0 Å². The summed E-state index contributed by atoms with van der Waals surface area (Å²) < 4.78 is 5.49. The van der Waals surface area contributed by atoms with Crippen LogP contribution in [0.1, 0.15) is 44.2 Å². The van der Waals surface area contributed by atoms with E-state index >= 15 is 0 Å². The first kappa shape index (κ1) is 16.8. The van der Waals surface area contributed by atoms with E-state index in [-0.39, 0.29) is 31.0 Å². The highest BCUT2D eigenvalue weighted by Crippen LogP contribution is 2.34. The molecule has 1 fully saturated rings. The molecule has 2 heterocycles. The zero-order chi connectivity index (χ0) is 17.1. The number of carbonyl (C=O) groups excluding carboxylic acids is 2. The van der Waals surface area contributed by atoms with Crippen LogP contribution in [0.5, 0.6) is 5.75 Å². The fourth-order valence-corrected chi connectivity index (χ4v) is 3.23. The molecule has 0 aliphatic carbocycles. The molecule has 1 saturated heterocycles. The van der Waals surface area contributed by atoms with E-state index in [4.69, 9.17) is 10.5 Å². The zero-order valence-corrected chi connectivity index (χ0v) is 14.2. The van der Waals surface area contributed by atoms with Crippen LogP contribution >= 0.6 is 0 Å².